The molecule has 4 aromatic rings. The Hall–Kier alpha value is -4.44. The lowest BCUT2D eigenvalue weighted by Gasteiger charge is -2.33. The number of nitrogens with zero attached hydrogens (tertiary/aromatic N) is 4. The van der Waals surface area contributed by atoms with Crippen molar-refractivity contribution in [2.24, 2.45) is 0 Å². The number of anilines is 1. The van der Waals surface area contributed by atoms with Gasteiger partial charge >= 0.3 is 0 Å². The molecular weight excluding hydrogens is 510 g/mol. The molecule has 0 saturated carbocycles. The van der Waals surface area contributed by atoms with E-state index in [-0.39, 0.29) is 24.5 Å². The van der Waals surface area contributed by atoms with Gasteiger partial charge < -0.3 is 19.5 Å². The highest BCUT2D eigenvalue weighted by molar-refractivity contribution is 6.02. The van der Waals surface area contributed by atoms with E-state index in [0.29, 0.717) is 48.0 Å². The van der Waals surface area contributed by atoms with E-state index in [1.165, 1.54) is 4.90 Å². The molecule has 10 heteroatoms. The molecule has 208 valence electrons. The molecule has 0 unspecified atom stereocenters. The number of hydrogen-bond donors (Lipinski definition) is 1. The van der Waals surface area contributed by atoms with Crippen molar-refractivity contribution in [2.75, 3.05) is 31.8 Å². The van der Waals surface area contributed by atoms with Crippen LogP contribution in [0.4, 0.5) is 5.69 Å². The Bertz CT molecular complexity index is 1470. The minimum Gasteiger partial charge on any atom is -0.497 e. The Morgan fingerprint density at radius 1 is 1.12 bits per heavy atom. The number of nitrogens with one attached hydrogen (secondary N) is 1. The molecule has 10 nitrogen and oxygen atoms in total. The van der Waals surface area contributed by atoms with E-state index in [1.54, 1.807) is 42.1 Å². The maximum Gasteiger partial charge on any atom is 0.249 e. The van der Waals surface area contributed by atoms with Crippen LogP contribution in [0.3, 0.4) is 0 Å². The first-order valence-corrected chi connectivity index (χ1v) is 13.4. The summed E-state index contributed by atoms with van der Waals surface area (Å²) in [6.45, 7) is 3.15. The summed E-state index contributed by atoms with van der Waals surface area (Å²) in [4.78, 5) is 29.8. The second-order valence-corrected chi connectivity index (χ2v) is 9.46. The van der Waals surface area contributed by atoms with Gasteiger partial charge in [0.2, 0.25) is 11.8 Å². The molecule has 0 radical (unpaired) electrons. The van der Waals surface area contributed by atoms with E-state index < -0.39 is 6.04 Å². The van der Waals surface area contributed by atoms with Gasteiger partial charge in [0.1, 0.15) is 29.6 Å². The third-order valence-electron chi connectivity index (χ3n) is 6.84. The number of ether oxygens (including phenoxy) is 3. The van der Waals surface area contributed by atoms with Crippen LogP contribution in [0.2, 0.25) is 0 Å². The SMILES string of the molecule is CCOc1ccccc1N(C(=O)Cn1nnc2ccccc21)[C@H](C(=O)NC[C@H]1CCCO1)c1cccc(OC)c1. The molecule has 2 heterocycles. The van der Waals surface area contributed by atoms with Crippen molar-refractivity contribution in [1.82, 2.24) is 20.3 Å². The van der Waals surface area contributed by atoms with Crippen molar-refractivity contribution in [3.8, 4) is 11.5 Å². The Morgan fingerprint density at radius 2 is 1.95 bits per heavy atom. The maximum absolute atomic E-state index is 14.3. The smallest absolute Gasteiger partial charge is 0.249 e. The number of para-hydroxylation sites is 3. The van der Waals surface area contributed by atoms with Crippen LogP contribution in [0, 0.1) is 0 Å². The molecule has 2 amide bonds. The van der Waals surface area contributed by atoms with E-state index in [9.17, 15) is 9.59 Å². The molecule has 1 fully saturated rings. The van der Waals surface area contributed by atoms with Crippen molar-refractivity contribution < 1.29 is 23.8 Å². The van der Waals surface area contributed by atoms with E-state index in [2.05, 4.69) is 15.6 Å². The molecule has 1 aromatic heterocycles. The summed E-state index contributed by atoms with van der Waals surface area (Å²) in [5.74, 6) is 0.360. The highest BCUT2D eigenvalue weighted by Crippen LogP contribution is 2.36. The molecule has 0 aliphatic carbocycles. The summed E-state index contributed by atoms with van der Waals surface area (Å²) in [6.07, 6.45) is 1.77. The van der Waals surface area contributed by atoms with Crippen LogP contribution in [-0.4, -0.2) is 59.8 Å². The van der Waals surface area contributed by atoms with Crippen molar-refractivity contribution >= 4 is 28.5 Å². The summed E-state index contributed by atoms with van der Waals surface area (Å²) in [5.41, 5.74) is 2.45. The third-order valence-corrected chi connectivity index (χ3v) is 6.84. The van der Waals surface area contributed by atoms with E-state index in [1.807, 2.05) is 49.4 Å². The van der Waals surface area contributed by atoms with Crippen molar-refractivity contribution in [3.05, 3.63) is 78.4 Å². The number of carbonyl (C=O) groups is 2. The van der Waals surface area contributed by atoms with Crippen LogP contribution < -0.4 is 19.7 Å². The largest absolute Gasteiger partial charge is 0.497 e. The molecule has 1 aliphatic rings. The molecule has 0 bridgehead atoms. The topological polar surface area (TPSA) is 108 Å². The average Bonchev–Trinajstić information content (AvgIpc) is 3.66. The quantitative estimate of drug-likeness (QED) is 0.306. The molecule has 40 heavy (non-hydrogen) atoms. The van der Waals surface area contributed by atoms with Gasteiger partial charge in [0.25, 0.3) is 0 Å². The number of methoxy groups -OCH3 is 1. The van der Waals surface area contributed by atoms with Crippen molar-refractivity contribution in [3.63, 3.8) is 0 Å². The zero-order valence-electron chi connectivity index (χ0n) is 22.7. The molecule has 3 aromatic carbocycles. The van der Waals surface area contributed by atoms with Crippen molar-refractivity contribution in [1.29, 1.82) is 0 Å². The standard InChI is InChI=1S/C30H33N5O5/c1-3-39-27-16-7-6-15-26(27)35(28(36)20-34-25-14-5-4-13-24(25)32-33-34)29(21-10-8-11-22(18-21)38-2)30(37)31-19-23-12-9-17-40-23/h4-8,10-11,13-16,18,23,29H,3,9,12,17,19-20H2,1-2H3,(H,31,37)/t23-,29+/m1/s1. The van der Waals surface area contributed by atoms with Gasteiger partial charge in [0.15, 0.2) is 0 Å². The van der Waals surface area contributed by atoms with Gasteiger partial charge in [-0.1, -0.05) is 41.6 Å². The lowest BCUT2D eigenvalue weighted by atomic mass is 10.0. The fourth-order valence-corrected chi connectivity index (χ4v) is 4.94. The predicted molar refractivity (Wildman–Crippen MR) is 150 cm³/mol. The monoisotopic (exact) mass is 543 g/mol. The molecule has 0 spiro atoms. The van der Waals surface area contributed by atoms with Crippen LogP contribution in [0.25, 0.3) is 11.0 Å². The molecule has 1 saturated heterocycles. The summed E-state index contributed by atoms with van der Waals surface area (Å²) in [7, 11) is 1.56. The number of carbonyl (C=O) groups excluding carboxylic acids is 2. The van der Waals surface area contributed by atoms with Gasteiger partial charge in [-0.2, -0.15) is 0 Å². The van der Waals surface area contributed by atoms with Crippen LogP contribution in [0.1, 0.15) is 31.4 Å². The van der Waals surface area contributed by atoms with Gasteiger partial charge in [-0.15, -0.1) is 5.10 Å². The van der Waals surface area contributed by atoms with Gasteiger partial charge in [0.05, 0.1) is 31.0 Å². The fraction of sp³-hybridized carbons (Fsp3) is 0.333. The normalized spacial score (nSPS) is 15.5. The van der Waals surface area contributed by atoms with E-state index >= 15 is 0 Å². The van der Waals surface area contributed by atoms with E-state index in [4.69, 9.17) is 14.2 Å². The lowest BCUT2D eigenvalue weighted by molar-refractivity contribution is -0.127. The second kappa shape index (κ2) is 12.6. The predicted octanol–water partition coefficient (Wildman–Crippen LogP) is 3.91. The third kappa shape index (κ3) is 5.91. The van der Waals surface area contributed by atoms with Gasteiger partial charge in [-0.05, 0) is 61.7 Å². The minimum atomic E-state index is -1.03. The second-order valence-electron chi connectivity index (χ2n) is 9.46. The number of fused-ring (bicyclic) bond motifs is 1. The summed E-state index contributed by atoms with van der Waals surface area (Å²) < 4.78 is 18.7. The number of rotatable bonds is 11. The summed E-state index contributed by atoms with van der Waals surface area (Å²) in [6, 6.07) is 20.8. The maximum atomic E-state index is 14.3. The minimum absolute atomic E-state index is 0.0590. The zero-order valence-corrected chi connectivity index (χ0v) is 22.7. The average molecular weight is 544 g/mol. The van der Waals surface area contributed by atoms with Crippen LogP contribution in [0.5, 0.6) is 11.5 Å². The lowest BCUT2D eigenvalue weighted by Crippen LogP contribution is -2.46. The fourth-order valence-electron chi connectivity index (χ4n) is 4.94. The Kier molecular flexibility index (Phi) is 8.56. The first kappa shape index (κ1) is 27.1. The molecule has 1 aliphatic heterocycles. The number of benzene rings is 3. The molecule has 2 atom stereocenters. The Labute approximate surface area is 232 Å². The molecular formula is C30H33N5O5. The number of amides is 2. The summed E-state index contributed by atoms with van der Waals surface area (Å²) >= 11 is 0. The highest BCUT2D eigenvalue weighted by atomic mass is 16.5. The first-order chi connectivity index (χ1) is 19.6. The van der Waals surface area contributed by atoms with Gasteiger partial charge in [-0.25, -0.2) is 4.68 Å². The van der Waals surface area contributed by atoms with E-state index in [0.717, 1.165) is 18.4 Å². The van der Waals surface area contributed by atoms with Crippen LogP contribution >= 0.6 is 0 Å². The van der Waals surface area contributed by atoms with Crippen molar-refractivity contribution in [2.45, 2.75) is 38.5 Å². The number of hydrogen-bond acceptors (Lipinski definition) is 7. The molecule has 5 rings (SSSR count). The van der Waals surface area contributed by atoms with Gasteiger partial charge in [0, 0.05) is 13.2 Å². The summed E-state index contributed by atoms with van der Waals surface area (Å²) in [5, 5.41) is 11.4. The molecule has 1 N–H and O–H groups in total. The first-order valence-electron chi connectivity index (χ1n) is 13.4. The Balaban J connectivity index is 1.59. The van der Waals surface area contributed by atoms with Crippen LogP contribution in [0.15, 0.2) is 72.8 Å². The Morgan fingerprint density at radius 3 is 2.75 bits per heavy atom. The van der Waals surface area contributed by atoms with Crippen LogP contribution in [-0.2, 0) is 20.9 Å². The highest BCUT2D eigenvalue weighted by Gasteiger charge is 2.35. The zero-order chi connectivity index (χ0) is 27.9. The van der Waals surface area contributed by atoms with Gasteiger partial charge in [-0.3, -0.25) is 14.5 Å². The number of aromatic nitrogens is 3.